The lowest BCUT2D eigenvalue weighted by molar-refractivity contribution is 0.0777. The van der Waals surface area contributed by atoms with Crippen molar-refractivity contribution in [1.82, 2.24) is 9.21 Å². The van der Waals surface area contributed by atoms with Gasteiger partial charge in [-0.1, -0.05) is 25.1 Å². The Morgan fingerprint density at radius 1 is 0.938 bits per heavy atom. The van der Waals surface area contributed by atoms with Crippen molar-refractivity contribution in [3.63, 3.8) is 0 Å². The number of hydrogen-bond acceptors (Lipinski definition) is 4. The predicted molar refractivity (Wildman–Crippen MR) is 72.6 cm³/mol. The average molecular weight is 260 g/mol. The second-order valence-corrected chi connectivity index (χ2v) is 6.03. The van der Waals surface area contributed by atoms with E-state index in [-0.39, 0.29) is 0 Å². The van der Waals surface area contributed by atoms with Gasteiger partial charge in [0.1, 0.15) is 0 Å². The van der Waals surface area contributed by atoms with Crippen LogP contribution in [-0.2, 0) is 4.74 Å². The molecule has 2 aliphatic rings. The molecule has 0 unspecified atom stereocenters. The molecule has 0 spiro atoms. The number of hydrogen-bond donors (Lipinski definition) is 0. The van der Waals surface area contributed by atoms with Gasteiger partial charge in [0.05, 0.1) is 13.2 Å². The normalized spacial score (nSPS) is 24.1. The molecule has 5 heteroatoms. The van der Waals surface area contributed by atoms with Crippen molar-refractivity contribution in [2.24, 2.45) is 0 Å². The van der Waals surface area contributed by atoms with Crippen LogP contribution >= 0.6 is 24.2 Å². The van der Waals surface area contributed by atoms with Gasteiger partial charge in [-0.05, 0) is 24.8 Å². The van der Waals surface area contributed by atoms with Crippen LogP contribution in [0.5, 0.6) is 0 Å². The van der Waals surface area contributed by atoms with Gasteiger partial charge in [0.25, 0.3) is 0 Å². The molecule has 0 aromatic carbocycles. The minimum Gasteiger partial charge on any atom is -0.379 e. The topological polar surface area (TPSA) is 15.7 Å². The maximum Gasteiger partial charge on any atom is 0.151 e. The van der Waals surface area contributed by atoms with Gasteiger partial charge in [0, 0.05) is 26.2 Å². The summed E-state index contributed by atoms with van der Waals surface area (Å²) in [6.45, 7) is 5.98. The molecule has 2 aliphatic heterocycles. The van der Waals surface area contributed by atoms with Crippen molar-refractivity contribution >= 4 is 28.5 Å². The van der Waals surface area contributed by atoms with Gasteiger partial charge in [0.2, 0.25) is 0 Å². The zero-order chi connectivity index (χ0) is 11.2. The Hall–Kier alpha value is 0.160. The van der Waals surface area contributed by atoms with Crippen LogP contribution in [-0.4, -0.2) is 52.9 Å². The van der Waals surface area contributed by atoms with Crippen molar-refractivity contribution < 1.29 is 4.74 Å². The lowest BCUT2D eigenvalue weighted by Crippen LogP contribution is -2.36. The quantitative estimate of drug-likeness (QED) is 0.528. The van der Waals surface area contributed by atoms with Crippen LogP contribution < -0.4 is 0 Å². The third-order valence-corrected chi connectivity index (χ3v) is 4.56. The smallest absolute Gasteiger partial charge is 0.151 e. The first-order chi connectivity index (χ1) is 7.86. The highest BCUT2D eigenvalue weighted by Crippen LogP contribution is 2.20. The SMILES string of the molecule is S=C(SN1CCOCC1)N1CCCCCC1. The molecule has 0 saturated carbocycles. The van der Waals surface area contributed by atoms with Gasteiger partial charge in [-0.3, -0.25) is 0 Å². The van der Waals surface area contributed by atoms with Gasteiger partial charge in [-0.2, -0.15) is 0 Å². The number of likely N-dealkylation sites (tertiary alicyclic amines) is 1. The highest BCUT2D eigenvalue weighted by Gasteiger charge is 2.18. The summed E-state index contributed by atoms with van der Waals surface area (Å²) >= 11 is 7.27. The van der Waals surface area contributed by atoms with Crippen molar-refractivity contribution in [2.75, 3.05) is 39.4 Å². The van der Waals surface area contributed by atoms with Crippen LogP contribution in [0.25, 0.3) is 0 Å². The summed E-state index contributed by atoms with van der Waals surface area (Å²) in [6.07, 6.45) is 5.32. The first-order valence-electron chi connectivity index (χ1n) is 6.16. The Morgan fingerprint density at radius 3 is 2.19 bits per heavy atom. The van der Waals surface area contributed by atoms with Crippen LogP contribution in [0.1, 0.15) is 25.7 Å². The molecule has 0 aromatic heterocycles. The highest BCUT2D eigenvalue weighted by atomic mass is 32.2. The van der Waals surface area contributed by atoms with Crippen molar-refractivity contribution in [3.05, 3.63) is 0 Å². The largest absolute Gasteiger partial charge is 0.379 e. The third-order valence-electron chi connectivity index (χ3n) is 3.04. The Morgan fingerprint density at radius 2 is 1.56 bits per heavy atom. The van der Waals surface area contributed by atoms with Crippen LogP contribution in [0.4, 0.5) is 0 Å². The Bertz CT molecular complexity index is 224. The number of morpholine rings is 1. The van der Waals surface area contributed by atoms with E-state index >= 15 is 0 Å². The van der Waals surface area contributed by atoms with Crippen molar-refractivity contribution in [3.8, 4) is 0 Å². The lowest BCUT2D eigenvalue weighted by Gasteiger charge is -2.29. The van der Waals surface area contributed by atoms with E-state index in [2.05, 4.69) is 9.21 Å². The average Bonchev–Trinajstić information content (AvgIpc) is 2.59. The van der Waals surface area contributed by atoms with E-state index < -0.39 is 0 Å². The zero-order valence-corrected chi connectivity index (χ0v) is 11.3. The van der Waals surface area contributed by atoms with Gasteiger partial charge >= 0.3 is 0 Å². The molecule has 0 atom stereocenters. The molecular formula is C11H20N2OS2. The maximum absolute atomic E-state index is 5.52. The van der Waals surface area contributed by atoms with Gasteiger partial charge < -0.3 is 9.64 Å². The zero-order valence-electron chi connectivity index (χ0n) is 9.69. The van der Waals surface area contributed by atoms with E-state index in [1.165, 1.54) is 25.7 Å². The van der Waals surface area contributed by atoms with Crippen LogP contribution in [0, 0.1) is 0 Å². The van der Waals surface area contributed by atoms with Gasteiger partial charge in [0.15, 0.2) is 4.32 Å². The fourth-order valence-electron chi connectivity index (χ4n) is 2.06. The van der Waals surface area contributed by atoms with E-state index in [1.807, 2.05) is 0 Å². The van der Waals surface area contributed by atoms with Gasteiger partial charge in [-0.15, -0.1) is 0 Å². The number of rotatable bonds is 1. The second kappa shape index (κ2) is 6.79. The standard InChI is InChI=1S/C11H20N2OS2/c15-11(12-5-3-1-2-4-6-12)16-13-7-9-14-10-8-13/h1-10H2. The fraction of sp³-hybridized carbons (Fsp3) is 0.909. The summed E-state index contributed by atoms with van der Waals surface area (Å²) in [5.74, 6) is 0. The summed E-state index contributed by atoms with van der Waals surface area (Å²) in [5, 5.41) is 0. The number of ether oxygens (including phenoxy) is 1. The second-order valence-electron chi connectivity index (χ2n) is 4.30. The molecular weight excluding hydrogens is 240 g/mol. The summed E-state index contributed by atoms with van der Waals surface area (Å²) in [4.78, 5) is 2.38. The predicted octanol–water partition coefficient (Wildman–Crippen LogP) is 2.13. The molecule has 0 N–H and O–H groups in total. The van der Waals surface area contributed by atoms with E-state index in [9.17, 15) is 0 Å². The third kappa shape index (κ3) is 3.87. The first-order valence-corrected chi connectivity index (χ1v) is 7.34. The fourth-order valence-corrected chi connectivity index (χ4v) is 3.41. The molecule has 2 heterocycles. The molecule has 2 saturated heterocycles. The summed E-state index contributed by atoms with van der Waals surface area (Å²) in [5.41, 5.74) is 0. The molecule has 2 rings (SSSR count). The monoisotopic (exact) mass is 260 g/mol. The number of thiocarbonyl (C=S) groups is 1. The van der Waals surface area contributed by atoms with E-state index in [0.29, 0.717) is 0 Å². The van der Waals surface area contributed by atoms with E-state index in [0.717, 1.165) is 43.7 Å². The molecule has 2 fully saturated rings. The molecule has 0 aromatic rings. The summed E-state index contributed by atoms with van der Waals surface area (Å²) in [7, 11) is 0. The Labute approximate surface area is 108 Å². The molecule has 0 amide bonds. The summed E-state index contributed by atoms with van der Waals surface area (Å²) < 4.78 is 8.72. The molecule has 16 heavy (non-hydrogen) atoms. The highest BCUT2D eigenvalue weighted by molar-refractivity contribution is 8.21. The number of nitrogens with zero attached hydrogens (tertiary/aromatic N) is 2. The van der Waals surface area contributed by atoms with E-state index in [1.54, 1.807) is 11.9 Å². The molecule has 3 nitrogen and oxygen atoms in total. The van der Waals surface area contributed by atoms with Crippen LogP contribution in [0.2, 0.25) is 0 Å². The lowest BCUT2D eigenvalue weighted by atomic mass is 10.2. The molecule has 0 radical (unpaired) electrons. The molecule has 0 bridgehead atoms. The van der Waals surface area contributed by atoms with Gasteiger partial charge in [-0.25, -0.2) is 4.31 Å². The minimum absolute atomic E-state index is 0.843. The van der Waals surface area contributed by atoms with Crippen LogP contribution in [0.15, 0.2) is 0 Å². The first kappa shape index (κ1) is 12.6. The Kier molecular flexibility index (Phi) is 5.35. The molecule has 92 valence electrons. The molecule has 0 aliphatic carbocycles. The minimum atomic E-state index is 0.843. The van der Waals surface area contributed by atoms with Crippen LogP contribution in [0.3, 0.4) is 0 Å². The van der Waals surface area contributed by atoms with E-state index in [4.69, 9.17) is 17.0 Å². The summed E-state index contributed by atoms with van der Waals surface area (Å²) in [6, 6.07) is 0. The van der Waals surface area contributed by atoms with Crippen molar-refractivity contribution in [1.29, 1.82) is 0 Å². The Balaban J connectivity index is 1.76. The van der Waals surface area contributed by atoms with Crippen molar-refractivity contribution in [2.45, 2.75) is 25.7 Å². The maximum atomic E-state index is 5.52.